The van der Waals surface area contributed by atoms with E-state index in [2.05, 4.69) is 5.32 Å². The number of nitrogens with one attached hydrogen (secondary N) is 1. The van der Waals surface area contributed by atoms with E-state index in [-0.39, 0.29) is 11.8 Å². The lowest BCUT2D eigenvalue weighted by Crippen LogP contribution is -2.29. The zero-order valence-electron chi connectivity index (χ0n) is 17.2. The maximum atomic E-state index is 13.3. The number of nitrogens with zero attached hydrogens (tertiary/aromatic N) is 1. The van der Waals surface area contributed by atoms with Gasteiger partial charge in [-0.15, -0.1) is 0 Å². The maximum absolute atomic E-state index is 13.3. The average Bonchev–Trinajstić information content (AvgIpc) is 3.34. The van der Waals surface area contributed by atoms with E-state index in [9.17, 15) is 9.59 Å². The molecule has 2 aliphatic heterocycles. The van der Waals surface area contributed by atoms with Crippen molar-refractivity contribution in [2.45, 2.75) is 25.2 Å². The van der Waals surface area contributed by atoms with Crippen LogP contribution < -0.4 is 10.1 Å². The third-order valence-electron chi connectivity index (χ3n) is 5.98. The van der Waals surface area contributed by atoms with Gasteiger partial charge in [0.1, 0.15) is 11.5 Å². The molecule has 2 heterocycles. The average molecular weight is 412 g/mol. The molecule has 0 spiro atoms. The zero-order chi connectivity index (χ0) is 21.2. The molecule has 5 rings (SSSR count). The Hall–Kier alpha value is -3.60. The summed E-state index contributed by atoms with van der Waals surface area (Å²) in [5, 5.41) is 3.04. The molecule has 0 unspecified atom stereocenters. The lowest BCUT2D eigenvalue weighted by Gasteiger charge is -2.27. The van der Waals surface area contributed by atoms with Gasteiger partial charge >= 0.3 is 0 Å². The largest absolute Gasteiger partial charge is 0.457 e. The zero-order valence-corrected chi connectivity index (χ0v) is 17.2. The normalized spacial score (nSPS) is 15.0. The number of rotatable bonds is 4. The van der Waals surface area contributed by atoms with Crippen LogP contribution in [0.5, 0.6) is 11.5 Å². The molecular weight excluding hydrogens is 388 g/mol. The minimum absolute atomic E-state index is 0.107. The van der Waals surface area contributed by atoms with E-state index < -0.39 is 5.92 Å². The topological polar surface area (TPSA) is 58.6 Å². The van der Waals surface area contributed by atoms with Gasteiger partial charge in [0.2, 0.25) is 11.8 Å². The number of benzene rings is 3. The highest BCUT2D eigenvalue weighted by Crippen LogP contribution is 2.44. The molecule has 0 radical (unpaired) electrons. The predicted octanol–water partition coefficient (Wildman–Crippen LogP) is 4.73. The first-order valence-corrected chi connectivity index (χ1v) is 10.7. The number of carbonyl (C=O) groups excluding carboxylic acids is 2. The highest BCUT2D eigenvalue weighted by atomic mass is 16.5. The van der Waals surface area contributed by atoms with Crippen LogP contribution >= 0.6 is 0 Å². The minimum atomic E-state index is -0.447. The van der Waals surface area contributed by atoms with Crippen LogP contribution in [0.15, 0.2) is 72.8 Å². The molecule has 1 saturated heterocycles. The van der Waals surface area contributed by atoms with Crippen molar-refractivity contribution in [3.8, 4) is 11.5 Å². The third-order valence-corrected chi connectivity index (χ3v) is 5.98. The van der Waals surface area contributed by atoms with Crippen molar-refractivity contribution in [3.05, 3.63) is 89.5 Å². The van der Waals surface area contributed by atoms with Crippen LogP contribution in [-0.2, 0) is 16.0 Å². The minimum Gasteiger partial charge on any atom is -0.457 e. The van der Waals surface area contributed by atoms with Crippen molar-refractivity contribution in [2.75, 3.05) is 18.4 Å². The van der Waals surface area contributed by atoms with Crippen LogP contribution in [-0.4, -0.2) is 29.8 Å². The van der Waals surface area contributed by atoms with Crippen molar-refractivity contribution in [2.24, 2.45) is 0 Å². The van der Waals surface area contributed by atoms with Crippen LogP contribution in [0.1, 0.15) is 35.4 Å². The molecule has 0 bridgehead atoms. The highest BCUT2D eigenvalue weighted by molar-refractivity contribution is 5.99. The van der Waals surface area contributed by atoms with Gasteiger partial charge in [-0.1, -0.05) is 48.5 Å². The number of anilines is 1. The molecule has 1 N–H and O–H groups in total. The summed E-state index contributed by atoms with van der Waals surface area (Å²) < 4.78 is 5.99. The van der Waals surface area contributed by atoms with Gasteiger partial charge in [0, 0.05) is 29.9 Å². The maximum Gasteiger partial charge on any atom is 0.236 e. The molecule has 5 heteroatoms. The number of hydrogen-bond acceptors (Lipinski definition) is 3. The van der Waals surface area contributed by atoms with Crippen LogP contribution in [0.2, 0.25) is 0 Å². The van der Waals surface area contributed by atoms with Crippen LogP contribution in [0.25, 0.3) is 0 Å². The van der Waals surface area contributed by atoms with Gasteiger partial charge in [0.15, 0.2) is 0 Å². The number of fused-ring (bicyclic) bond motifs is 2. The summed E-state index contributed by atoms with van der Waals surface area (Å²) in [6.45, 7) is 1.72. The van der Waals surface area contributed by atoms with Gasteiger partial charge in [-0.25, -0.2) is 0 Å². The van der Waals surface area contributed by atoms with Crippen molar-refractivity contribution < 1.29 is 14.3 Å². The Morgan fingerprint density at radius 2 is 1.42 bits per heavy atom. The fourth-order valence-electron chi connectivity index (χ4n) is 4.37. The number of hydrogen-bond donors (Lipinski definition) is 1. The number of para-hydroxylation sites is 2. The molecule has 3 aromatic carbocycles. The first kappa shape index (κ1) is 19.4. The van der Waals surface area contributed by atoms with Crippen molar-refractivity contribution in [3.63, 3.8) is 0 Å². The third kappa shape index (κ3) is 3.91. The Kier molecular flexibility index (Phi) is 5.16. The summed E-state index contributed by atoms with van der Waals surface area (Å²) in [5.41, 5.74) is 3.37. The van der Waals surface area contributed by atoms with Gasteiger partial charge in [0.25, 0.3) is 0 Å². The van der Waals surface area contributed by atoms with E-state index in [1.165, 1.54) is 0 Å². The lowest BCUT2D eigenvalue weighted by molar-refractivity contribution is -0.129. The number of ether oxygens (including phenoxy) is 1. The monoisotopic (exact) mass is 412 g/mol. The SMILES string of the molecule is O=C(Nc1ccc(CC(=O)N2CCCC2)cc1)C1c2ccccc2Oc2ccccc21. The van der Waals surface area contributed by atoms with E-state index in [1.807, 2.05) is 77.7 Å². The van der Waals surface area contributed by atoms with Crippen LogP contribution in [0, 0.1) is 0 Å². The second-order valence-electron chi connectivity index (χ2n) is 8.06. The number of likely N-dealkylation sites (tertiary alicyclic amines) is 1. The molecule has 3 aromatic rings. The van der Waals surface area contributed by atoms with Gasteiger partial charge in [-0.3, -0.25) is 9.59 Å². The molecule has 2 aliphatic rings. The Labute approximate surface area is 181 Å². The molecule has 0 aromatic heterocycles. The second kappa shape index (κ2) is 8.26. The summed E-state index contributed by atoms with van der Waals surface area (Å²) in [5.74, 6) is 1.03. The molecule has 5 nitrogen and oxygen atoms in total. The fraction of sp³-hybridized carbons (Fsp3) is 0.231. The molecule has 156 valence electrons. The number of carbonyl (C=O) groups is 2. The summed E-state index contributed by atoms with van der Waals surface area (Å²) in [6.07, 6.45) is 2.58. The van der Waals surface area contributed by atoms with Gasteiger partial charge in [-0.2, -0.15) is 0 Å². The lowest BCUT2D eigenvalue weighted by atomic mass is 9.87. The van der Waals surface area contributed by atoms with Crippen molar-refractivity contribution >= 4 is 17.5 Å². The van der Waals surface area contributed by atoms with E-state index in [0.29, 0.717) is 23.6 Å². The highest BCUT2D eigenvalue weighted by Gasteiger charge is 2.32. The van der Waals surface area contributed by atoms with E-state index in [4.69, 9.17) is 4.74 Å². The first-order valence-electron chi connectivity index (χ1n) is 10.7. The molecule has 1 fully saturated rings. The van der Waals surface area contributed by atoms with Gasteiger partial charge < -0.3 is 15.0 Å². The standard InChI is InChI=1S/C26H24N2O3/c29-24(28-15-5-6-16-28)17-18-11-13-19(14-12-18)27-26(30)25-20-7-1-3-9-22(20)31-23-10-4-2-8-21(23)25/h1-4,7-14,25H,5-6,15-17H2,(H,27,30). The Morgan fingerprint density at radius 1 is 0.839 bits per heavy atom. The summed E-state index contributed by atoms with van der Waals surface area (Å²) in [7, 11) is 0. The quantitative estimate of drug-likeness (QED) is 0.674. The molecule has 0 atom stereocenters. The van der Waals surface area contributed by atoms with E-state index >= 15 is 0 Å². The van der Waals surface area contributed by atoms with Gasteiger partial charge in [-0.05, 0) is 42.7 Å². The molecular formula is C26H24N2O3. The second-order valence-corrected chi connectivity index (χ2v) is 8.06. The fourth-order valence-corrected chi connectivity index (χ4v) is 4.37. The van der Waals surface area contributed by atoms with Crippen LogP contribution in [0.3, 0.4) is 0 Å². The van der Waals surface area contributed by atoms with E-state index in [1.54, 1.807) is 0 Å². The smallest absolute Gasteiger partial charge is 0.236 e. The van der Waals surface area contributed by atoms with Crippen molar-refractivity contribution in [1.82, 2.24) is 4.90 Å². The molecule has 0 aliphatic carbocycles. The molecule has 31 heavy (non-hydrogen) atoms. The Bertz CT molecular complexity index is 1070. The van der Waals surface area contributed by atoms with E-state index in [0.717, 1.165) is 42.6 Å². The predicted molar refractivity (Wildman–Crippen MR) is 119 cm³/mol. The molecule has 2 amide bonds. The summed E-state index contributed by atoms with van der Waals surface area (Å²) in [4.78, 5) is 27.6. The van der Waals surface area contributed by atoms with Gasteiger partial charge in [0.05, 0.1) is 12.3 Å². The van der Waals surface area contributed by atoms with Crippen molar-refractivity contribution in [1.29, 1.82) is 0 Å². The first-order chi connectivity index (χ1) is 15.2. The Balaban J connectivity index is 1.33. The number of amides is 2. The summed E-state index contributed by atoms with van der Waals surface area (Å²) in [6, 6.07) is 22.8. The van der Waals surface area contributed by atoms with Crippen LogP contribution in [0.4, 0.5) is 5.69 Å². The molecule has 0 saturated carbocycles. The Morgan fingerprint density at radius 3 is 2.03 bits per heavy atom. The summed E-state index contributed by atoms with van der Waals surface area (Å²) >= 11 is 0.